The summed E-state index contributed by atoms with van der Waals surface area (Å²) in [7, 11) is 0. The maximum absolute atomic E-state index is 9.26. The highest BCUT2D eigenvalue weighted by molar-refractivity contribution is 6.30. The van der Waals surface area contributed by atoms with E-state index in [2.05, 4.69) is 23.3 Å². The third-order valence-electron chi connectivity index (χ3n) is 3.47. The highest BCUT2D eigenvalue weighted by Gasteiger charge is 2.22. The first-order valence-electron chi connectivity index (χ1n) is 6.69. The molecular weight excluding hydrogens is 270 g/mol. The van der Waals surface area contributed by atoms with Crippen LogP contribution in [0, 0.1) is 11.3 Å². The maximum atomic E-state index is 9.26. The second-order valence-corrected chi connectivity index (χ2v) is 5.35. The first-order chi connectivity index (χ1) is 9.72. The Morgan fingerprint density at radius 2 is 2.20 bits per heavy atom. The highest BCUT2D eigenvalue weighted by Crippen LogP contribution is 2.38. The fraction of sp³-hybridized carbons (Fsp3) is 0.250. The summed E-state index contributed by atoms with van der Waals surface area (Å²) < 4.78 is 0. The third kappa shape index (κ3) is 2.13. The zero-order chi connectivity index (χ0) is 14.1. The molecule has 0 bridgehead atoms. The number of pyridine rings is 1. The number of hydrogen-bond acceptors (Lipinski definition) is 3. The van der Waals surface area contributed by atoms with E-state index in [0.717, 1.165) is 41.2 Å². The van der Waals surface area contributed by atoms with Gasteiger partial charge in [0.1, 0.15) is 11.9 Å². The summed E-state index contributed by atoms with van der Waals surface area (Å²) in [5.41, 5.74) is 4.97. The number of fused-ring (bicyclic) bond motifs is 3. The van der Waals surface area contributed by atoms with Crippen molar-refractivity contribution in [2.45, 2.75) is 19.8 Å². The zero-order valence-corrected chi connectivity index (χ0v) is 12.0. The Labute approximate surface area is 123 Å². The van der Waals surface area contributed by atoms with Gasteiger partial charge < -0.3 is 5.32 Å². The predicted octanol–water partition coefficient (Wildman–Crippen LogP) is 4.00. The SMILES string of the molecule is CCCNc1nc2c(cc1C#N)Cc1cc(Cl)ccc1-2. The van der Waals surface area contributed by atoms with Crippen LogP contribution in [0.3, 0.4) is 0 Å². The summed E-state index contributed by atoms with van der Waals surface area (Å²) in [5, 5.41) is 13.2. The van der Waals surface area contributed by atoms with Crippen molar-refractivity contribution in [2.24, 2.45) is 0 Å². The van der Waals surface area contributed by atoms with Crippen LogP contribution < -0.4 is 5.32 Å². The van der Waals surface area contributed by atoms with Crippen molar-refractivity contribution in [1.82, 2.24) is 4.98 Å². The van der Waals surface area contributed by atoms with E-state index < -0.39 is 0 Å². The Kier molecular flexibility index (Phi) is 3.33. The Hall–Kier alpha value is -2.05. The molecule has 1 N–H and O–H groups in total. The molecule has 1 aliphatic carbocycles. The lowest BCUT2D eigenvalue weighted by Crippen LogP contribution is -2.05. The van der Waals surface area contributed by atoms with Crippen LogP contribution in [0.1, 0.15) is 30.0 Å². The summed E-state index contributed by atoms with van der Waals surface area (Å²) >= 11 is 6.04. The van der Waals surface area contributed by atoms with E-state index in [1.54, 1.807) is 0 Å². The summed E-state index contributed by atoms with van der Waals surface area (Å²) in [6.07, 6.45) is 1.79. The van der Waals surface area contributed by atoms with E-state index in [1.165, 1.54) is 5.56 Å². The number of benzene rings is 1. The van der Waals surface area contributed by atoms with Gasteiger partial charge >= 0.3 is 0 Å². The molecule has 100 valence electrons. The van der Waals surface area contributed by atoms with Crippen LogP contribution in [0.5, 0.6) is 0 Å². The topological polar surface area (TPSA) is 48.7 Å². The van der Waals surface area contributed by atoms with Crippen molar-refractivity contribution >= 4 is 17.4 Å². The van der Waals surface area contributed by atoms with E-state index in [0.29, 0.717) is 11.4 Å². The van der Waals surface area contributed by atoms with Crippen molar-refractivity contribution in [2.75, 3.05) is 11.9 Å². The van der Waals surface area contributed by atoms with E-state index in [-0.39, 0.29) is 0 Å². The van der Waals surface area contributed by atoms with E-state index in [1.807, 2.05) is 24.3 Å². The lowest BCUT2D eigenvalue weighted by molar-refractivity contribution is 0.968. The second kappa shape index (κ2) is 5.15. The normalized spacial score (nSPS) is 11.7. The average Bonchev–Trinajstić information content (AvgIpc) is 2.80. The Morgan fingerprint density at radius 3 is 2.95 bits per heavy atom. The molecule has 3 rings (SSSR count). The molecule has 4 heteroatoms. The van der Waals surface area contributed by atoms with Crippen LogP contribution in [0.25, 0.3) is 11.3 Å². The van der Waals surface area contributed by atoms with Crippen molar-refractivity contribution < 1.29 is 0 Å². The number of anilines is 1. The molecule has 1 aliphatic rings. The standard InChI is InChI=1S/C16H14ClN3/c1-2-5-19-16-12(9-18)7-11-6-10-8-13(17)3-4-14(10)15(11)20-16/h3-4,7-8H,2,5-6H2,1H3,(H,19,20). The number of hydrogen-bond donors (Lipinski definition) is 1. The van der Waals surface area contributed by atoms with Gasteiger partial charge in [-0.3, -0.25) is 0 Å². The van der Waals surface area contributed by atoms with Crippen LogP contribution in [-0.2, 0) is 6.42 Å². The highest BCUT2D eigenvalue weighted by atomic mass is 35.5. The van der Waals surface area contributed by atoms with Gasteiger partial charge in [-0.2, -0.15) is 5.26 Å². The largest absolute Gasteiger partial charge is 0.369 e. The molecule has 1 aromatic carbocycles. The van der Waals surface area contributed by atoms with Crippen LogP contribution >= 0.6 is 11.6 Å². The number of nitriles is 1. The molecule has 0 amide bonds. The number of nitrogens with zero attached hydrogens (tertiary/aromatic N) is 2. The minimum absolute atomic E-state index is 0.608. The molecule has 1 aromatic heterocycles. The predicted molar refractivity (Wildman–Crippen MR) is 81.0 cm³/mol. The fourth-order valence-electron chi connectivity index (χ4n) is 2.53. The van der Waals surface area contributed by atoms with Gasteiger partial charge in [0.15, 0.2) is 0 Å². The quantitative estimate of drug-likeness (QED) is 0.790. The number of nitrogens with one attached hydrogen (secondary N) is 1. The summed E-state index contributed by atoms with van der Waals surface area (Å²) in [6, 6.07) is 10.0. The maximum Gasteiger partial charge on any atom is 0.144 e. The van der Waals surface area contributed by atoms with Crippen molar-refractivity contribution in [3.63, 3.8) is 0 Å². The van der Waals surface area contributed by atoms with Gasteiger partial charge in [-0.15, -0.1) is 0 Å². The van der Waals surface area contributed by atoms with Gasteiger partial charge in [-0.05, 0) is 35.7 Å². The monoisotopic (exact) mass is 283 g/mol. The molecule has 0 fully saturated rings. The van der Waals surface area contributed by atoms with E-state index in [9.17, 15) is 5.26 Å². The Balaban J connectivity index is 2.09. The van der Waals surface area contributed by atoms with Crippen LogP contribution in [0.15, 0.2) is 24.3 Å². The van der Waals surface area contributed by atoms with Gasteiger partial charge in [0.05, 0.1) is 11.3 Å². The van der Waals surface area contributed by atoms with Gasteiger partial charge in [-0.1, -0.05) is 24.6 Å². The summed E-state index contributed by atoms with van der Waals surface area (Å²) in [6.45, 7) is 2.90. The van der Waals surface area contributed by atoms with Gasteiger partial charge in [0.25, 0.3) is 0 Å². The molecule has 0 radical (unpaired) electrons. The minimum atomic E-state index is 0.608. The Morgan fingerprint density at radius 1 is 1.35 bits per heavy atom. The first-order valence-corrected chi connectivity index (χ1v) is 7.07. The van der Waals surface area contributed by atoms with Gasteiger partial charge in [0, 0.05) is 23.6 Å². The first kappa shape index (κ1) is 13.0. The molecule has 0 spiro atoms. The number of rotatable bonds is 3. The van der Waals surface area contributed by atoms with Crippen LogP contribution in [0.2, 0.25) is 5.02 Å². The lowest BCUT2D eigenvalue weighted by Gasteiger charge is -2.09. The smallest absolute Gasteiger partial charge is 0.144 e. The molecular formula is C16H14ClN3. The zero-order valence-electron chi connectivity index (χ0n) is 11.2. The average molecular weight is 284 g/mol. The van der Waals surface area contributed by atoms with Crippen molar-refractivity contribution in [3.8, 4) is 17.3 Å². The van der Waals surface area contributed by atoms with Crippen molar-refractivity contribution in [3.05, 3.63) is 46.0 Å². The number of halogens is 1. The minimum Gasteiger partial charge on any atom is -0.369 e. The molecule has 0 saturated carbocycles. The number of aromatic nitrogens is 1. The molecule has 20 heavy (non-hydrogen) atoms. The Bertz CT molecular complexity index is 716. The molecule has 0 unspecified atom stereocenters. The van der Waals surface area contributed by atoms with Gasteiger partial charge in [-0.25, -0.2) is 4.98 Å². The molecule has 0 aliphatic heterocycles. The van der Waals surface area contributed by atoms with Gasteiger partial charge in [0.2, 0.25) is 0 Å². The molecule has 0 atom stereocenters. The van der Waals surface area contributed by atoms with E-state index in [4.69, 9.17) is 11.6 Å². The van der Waals surface area contributed by atoms with Crippen LogP contribution in [0.4, 0.5) is 5.82 Å². The van der Waals surface area contributed by atoms with Crippen molar-refractivity contribution in [1.29, 1.82) is 5.26 Å². The second-order valence-electron chi connectivity index (χ2n) is 4.91. The van der Waals surface area contributed by atoms with Crippen LogP contribution in [-0.4, -0.2) is 11.5 Å². The molecule has 3 nitrogen and oxygen atoms in total. The summed E-state index contributed by atoms with van der Waals surface area (Å²) in [5.74, 6) is 0.677. The lowest BCUT2D eigenvalue weighted by atomic mass is 10.1. The van der Waals surface area contributed by atoms with E-state index >= 15 is 0 Å². The molecule has 0 saturated heterocycles. The summed E-state index contributed by atoms with van der Waals surface area (Å²) in [4.78, 5) is 4.66. The molecule has 1 heterocycles. The molecule has 2 aromatic rings. The fourth-order valence-corrected chi connectivity index (χ4v) is 2.73. The third-order valence-corrected chi connectivity index (χ3v) is 3.70.